The van der Waals surface area contributed by atoms with Crippen molar-refractivity contribution in [3.8, 4) is 17.6 Å². The molecule has 0 aliphatic heterocycles. The lowest BCUT2D eigenvalue weighted by Gasteiger charge is -2.11. The van der Waals surface area contributed by atoms with E-state index in [4.69, 9.17) is 9.84 Å². The molecule has 0 heterocycles. The second-order valence-corrected chi connectivity index (χ2v) is 3.96. The molecule has 0 aliphatic carbocycles. The molecule has 0 saturated heterocycles. The van der Waals surface area contributed by atoms with Crippen molar-refractivity contribution in [2.45, 2.75) is 13.1 Å². The van der Waals surface area contributed by atoms with Crippen molar-refractivity contribution in [3.63, 3.8) is 0 Å². The highest BCUT2D eigenvalue weighted by Gasteiger charge is 2.27. The minimum atomic E-state index is -4.32. The van der Waals surface area contributed by atoms with Crippen LogP contribution in [0.5, 0.6) is 5.75 Å². The van der Waals surface area contributed by atoms with Crippen LogP contribution >= 0.6 is 0 Å². The van der Waals surface area contributed by atoms with E-state index in [9.17, 15) is 13.2 Å². The average Bonchev–Trinajstić information content (AvgIpc) is 2.36. The first-order valence-electron chi connectivity index (χ1n) is 5.90. The van der Waals surface area contributed by atoms with Gasteiger partial charge in [0.2, 0.25) is 0 Å². The number of aliphatic hydroxyl groups is 1. The summed E-state index contributed by atoms with van der Waals surface area (Å²) < 4.78 is 45.2. The molecule has 1 aromatic carbocycles. The summed E-state index contributed by atoms with van der Waals surface area (Å²) in [6, 6.07) is 5.16. The van der Waals surface area contributed by atoms with E-state index in [1.807, 2.05) is 0 Å². The van der Waals surface area contributed by atoms with E-state index < -0.39 is 12.8 Å². The number of aryl methyl sites for hydroxylation is 1. The Bertz CT molecular complexity index is 487. The fourth-order valence-corrected chi connectivity index (χ4v) is 1.43. The maximum Gasteiger partial charge on any atom is 0.411 e. The van der Waals surface area contributed by atoms with Crippen LogP contribution < -0.4 is 4.74 Å². The molecule has 0 bridgehead atoms. The Kier molecular flexibility index (Phi) is 6.36. The van der Waals surface area contributed by atoms with Gasteiger partial charge in [0.15, 0.2) is 0 Å². The van der Waals surface area contributed by atoms with E-state index in [1.54, 1.807) is 25.1 Å². The van der Waals surface area contributed by atoms with Crippen molar-refractivity contribution < 1.29 is 27.8 Å². The minimum Gasteiger partial charge on any atom is -0.491 e. The number of rotatable bonds is 5. The van der Waals surface area contributed by atoms with E-state index in [0.717, 1.165) is 11.1 Å². The van der Waals surface area contributed by atoms with Gasteiger partial charge in [-0.1, -0.05) is 11.8 Å². The van der Waals surface area contributed by atoms with Gasteiger partial charge in [0.1, 0.15) is 25.6 Å². The van der Waals surface area contributed by atoms with Crippen molar-refractivity contribution in [2.75, 3.05) is 26.4 Å². The molecule has 1 rings (SSSR count). The monoisotopic (exact) mass is 288 g/mol. The van der Waals surface area contributed by atoms with Gasteiger partial charge in [-0.15, -0.1) is 0 Å². The summed E-state index contributed by atoms with van der Waals surface area (Å²) in [5.41, 5.74) is 1.54. The van der Waals surface area contributed by atoms with Crippen LogP contribution in [0.2, 0.25) is 0 Å². The lowest BCUT2D eigenvalue weighted by Crippen LogP contribution is -2.19. The SMILES string of the molecule is Cc1cc(C#CCO)ccc1OCCOCC(F)(F)F. The number of halogens is 3. The van der Waals surface area contributed by atoms with Crippen LogP contribution in [0.3, 0.4) is 0 Å². The van der Waals surface area contributed by atoms with Gasteiger partial charge in [0, 0.05) is 5.56 Å². The number of hydrogen-bond donors (Lipinski definition) is 1. The summed E-state index contributed by atoms with van der Waals surface area (Å²) in [5, 5.41) is 8.58. The minimum absolute atomic E-state index is 0.0403. The van der Waals surface area contributed by atoms with Crippen LogP contribution in [0.1, 0.15) is 11.1 Å². The number of hydrogen-bond acceptors (Lipinski definition) is 3. The first kappa shape index (κ1) is 16.3. The quantitative estimate of drug-likeness (QED) is 0.667. The molecular formula is C14H15F3O3. The molecule has 0 saturated carbocycles. The van der Waals surface area contributed by atoms with Crippen LogP contribution in [0, 0.1) is 18.8 Å². The molecule has 0 aromatic heterocycles. The highest BCUT2D eigenvalue weighted by molar-refractivity contribution is 5.43. The largest absolute Gasteiger partial charge is 0.491 e. The Hall–Kier alpha value is -1.71. The van der Waals surface area contributed by atoms with Crippen molar-refractivity contribution in [3.05, 3.63) is 29.3 Å². The third kappa shape index (κ3) is 6.45. The van der Waals surface area contributed by atoms with Crippen molar-refractivity contribution in [1.29, 1.82) is 0 Å². The molecule has 110 valence electrons. The van der Waals surface area contributed by atoms with Crippen molar-refractivity contribution in [1.82, 2.24) is 0 Å². The van der Waals surface area contributed by atoms with Crippen LogP contribution in [0.25, 0.3) is 0 Å². The van der Waals surface area contributed by atoms with Crippen LogP contribution in [0.15, 0.2) is 18.2 Å². The first-order chi connectivity index (χ1) is 9.42. The molecule has 0 atom stereocenters. The van der Waals surface area contributed by atoms with Gasteiger partial charge in [-0.3, -0.25) is 0 Å². The molecular weight excluding hydrogens is 273 g/mol. The number of benzene rings is 1. The van der Waals surface area contributed by atoms with Gasteiger partial charge in [0.25, 0.3) is 0 Å². The molecule has 0 spiro atoms. The van der Waals surface area contributed by atoms with Crippen LogP contribution in [0.4, 0.5) is 13.2 Å². The summed E-state index contributed by atoms with van der Waals surface area (Å²) in [7, 11) is 0. The predicted molar refractivity (Wildman–Crippen MR) is 67.5 cm³/mol. The fourth-order valence-electron chi connectivity index (χ4n) is 1.43. The normalized spacial score (nSPS) is 10.8. The van der Waals surface area contributed by atoms with E-state index in [1.165, 1.54) is 0 Å². The number of ether oxygens (including phenoxy) is 2. The Labute approximate surface area is 115 Å². The molecule has 0 radical (unpaired) electrons. The summed E-state index contributed by atoms with van der Waals surface area (Å²) in [6.45, 7) is 0.221. The van der Waals surface area contributed by atoms with Crippen LogP contribution in [-0.4, -0.2) is 37.7 Å². The lowest BCUT2D eigenvalue weighted by molar-refractivity contribution is -0.175. The molecule has 6 heteroatoms. The zero-order valence-corrected chi connectivity index (χ0v) is 11.0. The molecule has 3 nitrogen and oxygen atoms in total. The summed E-state index contributed by atoms with van der Waals surface area (Å²) in [5.74, 6) is 5.84. The van der Waals surface area contributed by atoms with E-state index in [2.05, 4.69) is 16.6 Å². The fraction of sp³-hybridized carbons (Fsp3) is 0.429. The zero-order chi connectivity index (χ0) is 15.0. The summed E-state index contributed by atoms with van der Waals surface area (Å²) >= 11 is 0. The summed E-state index contributed by atoms with van der Waals surface area (Å²) in [4.78, 5) is 0. The Balaban J connectivity index is 2.41. The standard InChI is InChI=1S/C14H15F3O3/c1-11-9-12(3-2-6-18)4-5-13(11)20-8-7-19-10-14(15,16)17/h4-5,9,18H,6-8,10H2,1H3. The Morgan fingerprint density at radius 2 is 2.00 bits per heavy atom. The lowest BCUT2D eigenvalue weighted by atomic mass is 10.1. The second-order valence-electron chi connectivity index (χ2n) is 3.96. The molecule has 0 unspecified atom stereocenters. The third-order valence-corrected chi connectivity index (χ3v) is 2.24. The molecule has 20 heavy (non-hydrogen) atoms. The number of aliphatic hydroxyl groups excluding tert-OH is 1. The van der Waals surface area contributed by atoms with Crippen molar-refractivity contribution in [2.24, 2.45) is 0 Å². The second kappa shape index (κ2) is 7.78. The smallest absolute Gasteiger partial charge is 0.411 e. The topological polar surface area (TPSA) is 38.7 Å². The predicted octanol–water partition coefficient (Wildman–Crippen LogP) is 2.30. The molecule has 1 N–H and O–H groups in total. The van der Waals surface area contributed by atoms with Crippen molar-refractivity contribution >= 4 is 0 Å². The highest BCUT2D eigenvalue weighted by atomic mass is 19.4. The van der Waals surface area contributed by atoms with Crippen LogP contribution in [-0.2, 0) is 4.74 Å². The third-order valence-electron chi connectivity index (χ3n) is 2.24. The van der Waals surface area contributed by atoms with Gasteiger partial charge >= 0.3 is 6.18 Å². The maximum atomic E-state index is 11.8. The van der Waals surface area contributed by atoms with E-state index in [0.29, 0.717) is 5.75 Å². The molecule has 0 fully saturated rings. The Morgan fingerprint density at radius 1 is 1.25 bits per heavy atom. The maximum absolute atomic E-state index is 11.8. The molecule has 0 amide bonds. The van der Waals surface area contributed by atoms with E-state index in [-0.39, 0.29) is 19.8 Å². The number of alkyl halides is 3. The average molecular weight is 288 g/mol. The molecule has 0 aliphatic rings. The first-order valence-corrected chi connectivity index (χ1v) is 5.90. The van der Waals surface area contributed by atoms with E-state index >= 15 is 0 Å². The van der Waals surface area contributed by atoms with Gasteiger partial charge in [0.05, 0.1) is 6.61 Å². The summed E-state index contributed by atoms with van der Waals surface area (Å²) in [6.07, 6.45) is -4.32. The highest BCUT2D eigenvalue weighted by Crippen LogP contribution is 2.19. The molecule has 1 aromatic rings. The van der Waals surface area contributed by atoms with Gasteiger partial charge in [-0.2, -0.15) is 13.2 Å². The Morgan fingerprint density at radius 3 is 2.60 bits per heavy atom. The zero-order valence-electron chi connectivity index (χ0n) is 11.0. The van der Waals surface area contributed by atoms with Gasteiger partial charge in [-0.05, 0) is 30.7 Å². The van der Waals surface area contributed by atoms with Gasteiger partial charge in [-0.25, -0.2) is 0 Å². The van der Waals surface area contributed by atoms with Gasteiger partial charge < -0.3 is 14.6 Å².